The number of Topliss-reactive ketones (excluding diaryl/α,β-unsaturated/α-hetero) is 1. The molecule has 1 N–H and O–H groups in total. The van der Waals surface area contributed by atoms with Crippen molar-refractivity contribution in [2.45, 2.75) is 26.2 Å². The van der Waals surface area contributed by atoms with Gasteiger partial charge in [-0.05, 0) is 37.8 Å². The Hall–Kier alpha value is -0.410. The van der Waals surface area contributed by atoms with Crippen LogP contribution in [0, 0.1) is 17.8 Å². The zero-order valence-electron chi connectivity index (χ0n) is 9.50. The van der Waals surface area contributed by atoms with Crippen LogP contribution in [-0.4, -0.2) is 32.1 Å². The van der Waals surface area contributed by atoms with E-state index in [1.54, 1.807) is 0 Å². The summed E-state index contributed by atoms with van der Waals surface area (Å²) in [5.41, 5.74) is 0. The lowest BCUT2D eigenvalue weighted by molar-refractivity contribution is -0.126. The fraction of sp³-hybridized carbons (Fsp3) is 0.917. The molecule has 0 aromatic heterocycles. The smallest absolute Gasteiger partial charge is 0.136 e. The average Bonchev–Trinajstić information content (AvgIpc) is 2.16. The lowest BCUT2D eigenvalue weighted by Gasteiger charge is -2.32. The number of ether oxygens (including phenoxy) is 1. The van der Waals surface area contributed by atoms with Gasteiger partial charge in [-0.25, -0.2) is 0 Å². The van der Waals surface area contributed by atoms with E-state index in [0.717, 1.165) is 45.6 Å². The highest BCUT2D eigenvalue weighted by Crippen LogP contribution is 2.24. The number of hydrogen-bond acceptors (Lipinski definition) is 3. The third-order valence-electron chi connectivity index (χ3n) is 3.86. The van der Waals surface area contributed by atoms with Gasteiger partial charge in [-0.15, -0.1) is 0 Å². The molecule has 0 aliphatic carbocycles. The Kier molecular flexibility index (Phi) is 3.76. The molecule has 15 heavy (non-hydrogen) atoms. The van der Waals surface area contributed by atoms with E-state index in [1.165, 1.54) is 0 Å². The van der Waals surface area contributed by atoms with Gasteiger partial charge < -0.3 is 10.1 Å². The zero-order valence-corrected chi connectivity index (χ0v) is 9.50. The van der Waals surface area contributed by atoms with E-state index < -0.39 is 0 Å². The number of nitrogens with one attached hydrogen (secondary N) is 1. The number of hydrogen-bond donors (Lipinski definition) is 1. The normalized spacial score (nSPS) is 25.9. The second-order valence-corrected chi connectivity index (χ2v) is 4.93. The van der Waals surface area contributed by atoms with Crippen LogP contribution in [-0.2, 0) is 9.53 Å². The molecule has 0 amide bonds. The van der Waals surface area contributed by atoms with Crippen LogP contribution < -0.4 is 5.32 Å². The highest BCUT2D eigenvalue weighted by molar-refractivity contribution is 5.81. The van der Waals surface area contributed by atoms with Crippen molar-refractivity contribution in [1.29, 1.82) is 0 Å². The number of carbonyl (C=O) groups excluding carboxylic acids is 1. The fourth-order valence-corrected chi connectivity index (χ4v) is 2.35. The van der Waals surface area contributed by atoms with Gasteiger partial charge in [-0.1, -0.05) is 6.92 Å². The summed E-state index contributed by atoms with van der Waals surface area (Å²) in [7, 11) is 0. The lowest BCUT2D eigenvalue weighted by Crippen LogP contribution is -2.47. The molecule has 0 bridgehead atoms. The first-order valence-electron chi connectivity index (χ1n) is 6.08. The quantitative estimate of drug-likeness (QED) is 0.760. The summed E-state index contributed by atoms with van der Waals surface area (Å²) in [4.78, 5) is 12.0. The number of ketones is 1. The third kappa shape index (κ3) is 2.79. The molecule has 0 saturated carbocycles. The molecule has 2 heterocycles. The summed E-state index contributed by atoms with van der Waals surface area (Å²) in [6, 6.07) is 0. The summed E-state index contributed by atoms with van der Waals surface area (Å²) in [6.45, 7) is 5.84. The molecule has 2 aliphatic heterocycles. The van der Waals surface area contributed by atoms with Crippen LogP contribution in [0.2, 0.25) is 0 Å². The largest absolute Gasteiger partial charge is 0.381 e. The van der Waals surface area contributed by atoms with E-state index in [4.69, 9.17) is 4.74 Å². The van der Waals surface area contributed by atoms with E-state index in [9.17, 15) is 4.79 Å². The Morgan fingerprint density at radius 2 is 2.07 bits per heavy atom. The van der Waals surface area contributed by atoms with E-state index in [-0.39, 0.29) is 5.92 Å². The average molecular weight is 211 g/mol. The second-order valence-electron chi connectivity index (χ2n) is 4.93. The minimum atomic E-state index is 0.258. The topological polar surface area (TPSA) is 38.3 Å². The first-order chi connectivity index (χ1) is 7.27. The number of carbonyl (C=O) groups is 1. The molecule has 3 heteroatoms. The lowest BCUT2D eigenvalue weighted by atomic mass is 9.81. The summed E-state index contributed by atoms with van der Waals surface area (Å²) >= 11 is 0. The van der Waals surface area contributed by atoms with Gasteiger partial charge in [0.1, 0.15) is 5.78 Å². The predicted octanol–water partition coefficient (Wildman–Crippen LogP) is 1.23. The van der Waals surface area contributed by atoms with Crippen LogP contribution in [0.4, 0.5) is 0 Å². The minimum absolute atomic E-state index is 0.258. The van der Waals surface area contributed by atoms with Crippen molar-refractivity contribution >= 4 is 5.78 Å². The molecule has 3 nitrogen and oxygen atoms in total. The van der Waals surface area contributed by atoms with Crippen molar-refractivity contribution in [2.24, 2.45) is 17.8 Å². The molecule has 1 atom stereocenters. The molecule has 86 valence electrons. The molecule has 0 aromatic rings. The molecular weight excluding hydrogens is 190 g/mol. The van der Waals surface area contributed by atoms with Crippen LogP contribution in [0.1, 0.15) is 26.2 Å². The van der Waals surface area contributed by atoms with Gasteiger partial charge in [0.15, 0.2) is 0 Å². The monoisotopic (exact) mass is 211 g/mol. The van der Waals surface area contributed by atoms with Crippen LogP contribution >= 0.6 is 0 Å². The SMILES string of the molecule is CC(C(=O)CC1CCOCC1)C1CNC1. The molecule has 0 radical (unpaired) electrons. The molecule has 1 unspecified atom stereocenters. The molecule has 0 aromatic carbocycles. The van der Waals surface area contributed by atoms with E-state index in [1.807, 2.05) is 0 Å². The minimum Gasteiger partial charge on any atom is -0.381 e. The Bertz CT molecular complexity index is 220. The van der Waals surface area contributed by atoms with E-state index >= 15 is 0 Å². The highest BCUT2D eigenvalue weighted by atomic mass is 16.5. The molecule has 2 aliphatic rings. The van der Waals surface area contributed by atoms with Crippen LogP contribution in [0.25, 0.3) is 0 Å². The Morgan fingerprint density at radius 1 is 1.40 bits per heavy atom. The van der Waals surface area contributed by atoms with Gasteiger partial charge in [-0.3, -0.25) is 4.79 Å². The van der Waals surface area contributed by atoms with E-state index in [0.29, 0.717) is 17.6 Å². The second kappa shape index (κ2) is 5.08. The van der Waals surface area contributed by atoms with E-state index in [2.05, 4.69) is 12.2 Å². The van der Waals surface area contributed by atoms with Crippen molar-refractivity contribution in [3.8, 4) is 0 Å². The van der Waals surface area contributed by atoms with Crippen LogP contribution in [0.15, 0.2) is 0 Å². The zero-order chi connectivity index (χ0) is 10.7. The van der Waals surface area contributed by atoms with Crippen molar-refractivity contribution in [3.63, 3.8) is 0 Å². The molecule has 2 saturated heterocycles. The van der Waals surface area contributed by atoms with Gasteiger partial charge in [0.25, 0.3) is 0 Å². The van der Waals surface area contributed by atoms with Crippen LogP contribution in [0.3, 0.4) is 0 Å². The number of rotatable bonds is 4. The maximum Gasteiger partial charge on any atom is 0.136 e. The molecule has 0 spiro atoms. The molecular formula is C12H21NO2. The van der Waals surface area contributed by atoms with Gasteiger partial charge in [0, 0.05) is 25.6 Å². The maximum atomic E-state index is 12.0. The van der Waals surface area contributed by atoms with Gasteiger partial charge in [0.05, 0.1) is 0 Å². The first kappa shape index (κ1) is 11.1. The Balaban J connectivity index is 1.74. The molecule has 2 rings (SSSR count). The summed E-state index contributed by atoms with van der Waals surface area (Å²) in [5, 5.41) is 3.23. The van der Waals surface area contributed by atoms with Gasteiger partial charge >= 0.3 is 0 Å². The summed E-state index contributed by atoms with van der Waals surface area (Å²) in [5.74, 6) is 1.90. The first-order valence-corrected chi connectivity index (χ1v) is 6.08. The Labute approximate surface area is 91.6 Å². The summed E-state index contributed by atoms with van der Waals surface area (Å²) < 4.78 is 5.30. The predicted molar refractivity (Wildman–Crippen MR) is 58.7 cm³/mol. The van der Waals surface area contributed by atoms with Crippen molar-refractivity contribution in [2.75, 3.05) is 26.3 Å². The van der Waals surface area contributed by atoms with Gasteiger partial charge in [-0.2, -0.15) is 0 Å². The molecule has 2 fully saturated rings. The Morgan fingerprint density at radius 3 is 2.60 bits per heavy atom. The standard InChI is InChI=1S/C12H21NO2/c1-9(11-7-13-8-11)12(14)6-10-2-4-15-5-3-10/h9-11,13H,2-8H2,1H3. The van der Waals surface area contributed by atoms with Crippen molar-refractivity contribution in [1.82, 2.24) is 5.32 Å². The van der Waals surface area contributed by atoms with Crippen LogP contribution in [0.5, 0.6) is 0 Å². The van der Waals surface area contributed by atoms with Crippen molar-refractivity contribution < 1.29 is 9.53 Å². The highest BCUT2D eigenvalue weighted by Gasteiger charge is 2.30. The summed E-state index contributed by atoms with van der Waals surface area (Å²) in [6.07, 6.45) is 2.92. The fourth-order valence-electron chi connectivity index (χ4n) is 2.35. The maximum absolute atomic E-state index is 12.0. The van der Waals surface area contributed by atoms with Gasteiger partial charge in [0.2, 0.25) is 0 Å². The van der Waals surface area contributed by atoms with Crippen molar-refractivity contribution in [3.05, 3.63) is 0 Å². The third-order valence-corrected chi connectivity index (χ3v) is 3.86.